The standard InChI is InChI=1S/C16H17ClN2O/c1-3-19(14-10-5-4-7-11(14)2)16(20)12-8-6-9-13(17)15(12)18/h4-10H,3,18H2,1-2H3. The van der Waals surface area contributed by atoms with Crippen LogP contribution in [-0.4, -0.2) is 12.5 Å². The van der Waals surface area contributed by atoms with Crippen molar-refractivity contribution in [3.8, 4) is 0 Å². The van der Waals surface area contributed by atoms with Crippen molar-refractivity contribution >= 4 is 28.9 Å². The predicted octanol–water partition coefficient (Wildman–Crippen LogP) is 3.90. The first-order chi connectivity index (χ1) is 9.56. The molecule has 0 heterocycles. The van der Waals surface area contributed by atoms with E-state index in [1.165, 1.54) is 0 Å². The first-order valence-corrected chi connectivity index (χ1v) is 6.85. The fourth-order valence-corrected chi connectivity index (χ4v) is 2.33. The van der Waals surface area contributed by atoms with Gasteiger partial charge in [0.05, 0.1) is 16.3 Å². The van der Waals surface area contributed by atoms with Crippen LogP contribution in [0.3, 0.4) is 0 Å². The molecule has 2 aromatic carbocycles. The Balaban J connectivity index is 2.45. The lowest BCUT2D eigenvalue weighted by atomic mass is 10.1. The Morgan fingerprint density at radius 2 is 1.90 bits per heavy atom. The Labute approximate surface area is 124 Å². The molecule has 0 aliphatic rings. The van der Waals surface area contributed by atoms with Crippen LogP contribution < -0.4 is 10.6 Å². The summed E-state index contributed by atoms with van der Waals surface area (Å²) in [5.74, 6) is -0.137. The van der Waals surface area contributed by atoms with Crippen LogP contribution in [0, 0.1) is 6.92 Å². The number of nitrogen functional groups attached to an aromatic ring is 1. The number of aryl methyl sites for hydroxylation is 1. The number of hydrogen-bond acceptors (Lipinski definition) is 2. The van der Waals surface area contributed by atoms with Gasteiger partial charge in [-0.1, -0.05) is 35.9 Å². The summed E-state index contributed by atoms with van der Waals surface area (Å²) in [6, 6.07) is 12.9. The molecule has 0 fully saturated rings. The Kier molecular flexibility index (Phi) is 4.30. The van der Waals surface area contributed by atoms with E-state index in [-0.39, 0.29) is 5.91 Å². The van der Waals surface area contributed by atoms with Crippen molar-refractivity contribution in [3.63, 3.8) is 0 Å². The average Bonchev–Trinajstić information content (AvgIpc) is 2.44. The van der Waals surface area contributed by atoms with E-state index in [2.05, 4.69) is 0 Å². The third kappa shape index (κ3) is 2.63. The summed E-state index contributed by atoms with van der Waals surface area (Å²) >= 11 is 5.99. The molecule has 0 aromatic heterocycles. The van der Waals surface area contributed by atoms with Crippen molar-refractivity contribution < 1.29 is 4.79 Å². The summed E-state index contributed by atoms with van der Waals surface area (Å²) in [6.07, 6.45) is 0. The van der Waals surface area contributed by atoms with Crippen LogP contribution in [0.2, 0.25) is 5.02 Å². The highest BCUT2D eigenvalue weighted by atomic mass is 35.5. The van der Waals surface area contributed by atoms with Gasteiger partial charge in [-0.2, -0.15) is 0 Å². The van der Waals surface area contributed by atoms with Gasteiger partial charge in [0, 0.05) is 12.2 Å². The maximum atomic E-state index is 12.7. The largest absolute Gasteiger partial charge is 0.397 e. The van der Waals surface area contributed by atoms with Crippen molar-refractivity contribution in [2.45, 2.75) is 13.8 Å². The van der Waals surface area contributed by atoms with Crippen LogP contribution in [0.4, 0.5) is 11.4 Å². The number of anilines is 2. The van der Waals surface area contributed by atoms with Crippen molar-refractivity contribution in [1.82, 2.24) is 0 Å². The van der Waals surface area contributed by atoms with E-state index in [0.717, 1.165) is 11.3 Å². The zero-order valence-corrected chi connectivity index (χ0v) is 12.3. The van der Waals surface area contributed by atoms with Crippen LogP contribution in [0.25, 0.3) is 0 Å². The van der Waals surface area contributed by atoms with E-state index in [1.54, 1.807) is 23.1 Å². The first kappa shape index (κ1) is 14.4. The molecule has 3 nitrogen and oxygen atoms in total. The molecule has 0 atom stereocenters. The minimum atomic E-state index is -0.137. The summed E-state index contributed by atoms with van der Waals surface area (Å²) in [5, 5.41) is 0.400. The monoisotopic (exact) mass is 288 g/mol. The van der Waals surface area contributed by atoms with Gasteiger partial charge < -0.3 is 10.6 Å². The topological polar surface area (TPSA) is 46.3 Å². The number of nitrogens with two attached hydrogens (primary N) is 1. The van der Waals surface area contributed by atoms with Crippen LogP contribution >= 0.6 is 11.6 Å². The van der Waals surface area contributed by atoms with E-state index in [4.69, 9.17) is 17.3 Å². The maximum Gasteiger partial charge on any atom is 0.260 e. The Hall–Kier alpha value is -2.00. The van der Waals surface area contributed by atoms with Crippen molar-refractivity contribution in [2.24, 2.45) is 0 Å². The normalized spacial score (nSPS) is 10.3. The van der Waals surface area contributed by atoms with E-state index in [9.17, 15) is 4.79 Å². The second-order valence-electron chi connectivity index (χ2n) is 4.54. The maximum absolute atomic E-state index is 12.7. The summed E-state index contributed by atoms with van der Waals surface area (Å²) in [7, 11) is 0. The molecule has 0 unspecified atom stereocenters. The number of carbonyl (C=O) groups excluding carboxylic acids is 1. The van der Waals surface area contributed by atoms with Crippen LogP contribution in [-0.2, 0) is 0 Å². The second-order valence-corrected chi connectivity index (χ2v) is 4.94. The lowest BCUT2D eigenvalue weighted by Gasteiger charge is -2.23. The third-order valence-electron chi connectivity index (χ3n) is 3.25. The van der Waals surface area contributed by atoms with E-state index in [0.29, 0.717) is 22.8 Å². The lowest BCUT2D eigenvalue weighted by Crippen LogP contribution is -2.31. The summed E-state index contributed by atoms with van der Waals surface area (Å²) in [6.45, 7) is 4.48. The quantitative estimate of drug-likeness (QED) is 0.871. The first-order valence-electron chi connectivity index (χ1n) is 6.47. The molecule has 0 spiro atoms. The molecular weight excluding hydrogens is 272 g/mol. The van der Waals surface area contributed by atoms with Gasteiger partial charge in [0.2, 0.25) is 0 Å². The SMILES string of the molecule is CCN(C(=O)c1cccc(Cl)c1N)c1ccccc1C. The number of hydrogen-bond donors (Lipinski definition) is 1. The smallest absolute Gasteiger partial charge is 0.260 e. The Bertz CT molecular complexity index is 640. The van der Waals surface area contributed by atoms with Gasteiger partial charge in [-0.05, 0) is 37.6 Å². The minimum absolute atomic E-state index is 0.137. The van der Waals surface area contributed by atoms with Crippen LogP contribution in [0.15, 0.2) is 42.5 Å². The highest BCUT2D eigenvalue weighted by Gasteiger charge is 2.20. The fraction of sp³-hybridized carbons (Fsp3) is 0.188. The van der Waals surface area contributed by atoms with Gasteiger partial charge in [0.15, 0.2) is 0 Å². The minimum Gasteiger partial charge on any atom is -0.397 e. The molecule has 2 aromatic rings. The molecular formula is C16H17ClN2O. The zero-order valence-electron chi connectivity index (χ0n) is 11.6. The third-order valence-corrected chi connectivity index (χ3v) is 3.58. The van der Waals surface area contributed by atoms with Crippen LogP contribution in [0.5, 0.6) is 0 Å². The van der Waals surface area contributed by atoms with Gasteiger partial charge in [-0.3, -0.25) is 4.79 Å². The summed E-state index contributed by atoms with van der Waals surface area (Å²) in [5.41, 5.74) is 8.60. The number of para-hydroxylation sites is 2. The Morgan fingerprint density at radius 1 is 1.20 bits per heavy atom. The van der Waals surface area contributed by atoms with Gasteiger partial charge in [-0.25, -0.2) is 0 Å². The number of halogens is 1. The molecule has 4 heteroatoms. The van der Waals surface area contributed by atoms with E-state index >= 15 is 0 Å². The molecule has 104 valence electrons. The average molecular weight is 289 g/mol. The van der Waals surface area contributed by atoms with E-state index < -0.39 is 0 Å². The van der Waals surface area contributed by atoms with Gasteiger partial charge in [-0.15, -0.1) is 0 Å². The summed E-state index contributed by atoms with van der Waals surface area (Å²) in [4.78, 5) is 14.4. The number of amides is 1. The van der Waals surface area contributed by atoms with Gasteiger partial charge in [0.25, 0.3) is 5.91 Å². The summed E-state index contributed by atoms with van der Waals surface area (Å²) < 4.78 is 0. The highest BCUT2D eigenvalue weighted by Crippen LogP contribution is 2.27. The lowest BCUT2D eigenvalue weighted by molar-refractivity contribution is 0.0989. The molecule has 0 saturated carbocycles. The van der Waals surface area contributed by atoms with Crippen molar-refractivity contribution in [3.05, 3.63) is 58.6 Å². The number of rotatable bonds is 3. The Morgan fingerprint density at radius 3 is 2.55 bits per heavy atom. The van der Waals surface area contributed by atoms with Gasteiger partial charge >= 0.3 is 0 Å². The number of nitrogens with zero attached hydrogens (tertiary/aromatic N) is 1. The molecule has 0 aliphatic heterocycles. The highest BCUT2D eigenvalue weighted by molar-refractivity contribution is 6.34. The zero-order chi connectivity index (χ0) is 14.7. The predicted molar refractivity (Wildman–Crippen MR) is 84.4 cm³/mol. The number of benzene rings is 2. The second kappa shape index (κ2) is 5.97. The molecule has 0 radical (unpaired) electrons. The van der Waals surface area contributed by atoms with Crippen molar-refractivity contribution in [2.75, 3.05) is 17.2 Å². The van der Waals surface area contributed by atoms with Crippen molar-refractivity contribution in [1.29, 1.82) is 0 Å². The molecule has 0 aliphatic carbocycles. The molecule has 0 saturated heterocycles. The number of carbonyl (C=O) groups is 1. The molecule has 0 bridgehead atoms. The van der Waals surface area contributed by atoms with Crippen LogP contribution in [0.1, 0.15) is 22.8 Å². The molecule has 20 heavy (non-hydrogen) atoms. The molecule has 1 amide bonds. The molecule has 2 rings (SSSR count). The molecule has 2 N–H and O–H groups in total. The van der Waals surface area contributed by atoms with Gasteiger partial charge in [0.1, 0.15) is 0 Å². The fourth-order valence-electron chi connectivity index (χ4n) is 2.16. The van der Waals surface area contributed by atoms with E-state index in [1.807, 2.05) is 38.1 Å².